The summed E-state index contributed by atoms with van der Waals surface area (Å²) in [5.74, 6) is -0.488. The number of amides is 4. The van der Waals surface area contributed by atoms with Crippen LogP contribution in [-0.4, -0.2) is 40.2 Å². The number of carbonyl (C=O) groups excluding carboxylic acids is 3. The van der Waals surface area contributed by atoms with E-state index in [4.69, 9.17) is 0 Å². The first-order valence-corrected chi connectivity index (χ1v) is 8.93. The highest BCUT2D eigenvalue weighted by Crippen LogP contribution is 2.20. The third-order valence-electron chi connectivity index (χ3n) is 4.44. The summed E-state index contributed by atoms with van der Waals surface area (Å²) < 4.78 is 1.84. The van der Waals surface area contributed by atoms with Gasteiger partial charge in [-0.05, 0) is 38.5 Å². The van der Waals surface area contributed by atoms with Gasteiger partial charge in [-0.3, -0.25) is 14.3 Å². The topological polar surface area (TPSA) is 96.3 Å². The highest BCUT2D eigenvalue weighted by molar-refractivity contribution is 6.21. The summed E-state index contributed by atoms with van der Waals surface area (Å²) in [4.78, 5) is 37.7. The zero-order chi connectivity index (χ0) is 19.4. The maximum Gasteiger partial charge on any atom is 0.329 e. The first kappa shape index (κ1) is 18.6. The van der Waals surface area contributed by atoms with E-state index in [1.807, 2.05) is 30.7 Å². The second-order valence-electron chi connectivity index (χ2n) is 6.55. The van der Waals surface area contributed by atoms with Crippen molar-refractivity contribution in [1.82, 2.24) is 20.4 Å². The fraction of sp³-hybridized carbons (Fsp3) is 0.368. The molecule has 1 aliphatic rings. The second-order valence-corrected chi connectivity index (χ2v) is 6.55. The third-order valence-corrected chi connectivity index (χ3v) is 4.44. The molecule has 0 spiro atoms. The van der Waals surface area contributed by atoms with Gasteiger partial charge in [-0.2, -0.15) is 5.10 Å². The van der Waals surface area contributed by atoms with Gasteiger partial charge in [-0.25, -0.2) is 9.69 Å². The van der Waals surface area contributed by atoms with E-state index in [0.717, 1.165) is 16.3 Å². The minimum absolute atomic E-state index is 0.156. The molecule has 1 atom stereocenters. The van der Waals surface area contributed by atoms with Crippen LogP contribution in [0.25, 0.3) is 0 Å². The number of aryl methyl sites for hydroxylation is 2. The number of hydrogen-bond donors (Lipinski definition) is 2. The number of hydrogen-bond acceptors (Lipinski definition) is 4. The van der Waals surface area contributed by atoms with Gasteiger partial charge in [0.25, 0.3) is 5.91 Å². The SMILES string of the molecule is Cc1cc(C)n(CCNC(=O)CC[C@H]2NC(=O)N(c3ccccc3)C2=O)n1. The lowest BCUT2D eigenvalue weighted by Gasteiger charge is -2.12. The van der Waals surface area contributed by atoms with Gasteiger partial charge in [0, 0.05) is 18.7 Å². The van der Waals surface area contributed by atoms with Gasteiger partial charge in [0.05, 0.1) is 17.9 Å². The van der Waals surface area contributed by atoms with Gasteiger partial charge in [0.2, 0.25) is 5.91 Å². The third kappa shape index (κ3) is 4.33. The Morgan fingerprint density at radius 3 is 2.63 bits per heavy atom. The van der Waals surface area contributed by atoms with Gasteiger partial charge in [0.1, 0.15) is 6.04 Å². The van der Waals surface area contributed by atoms with Crippen LogP contribution in [0.5, 0.6) is 0 Å². The Kier molecular flexibility index (Phi) is 5.54. The van der Waals surface area contributed by atoms with Crippen LogP contribution in [0.1, 0.15) is 24.2 Å². The summed E-state index contributed by atoms with van der Waals surface area (Å²) in [6.45, 7) is 4.94. The first-order chi connectivity index (χ1) is 13.0. The quantitative estimate of drug-likeness (QED) is 0.723. The summed E-state index contributed by atoms with van der Waals surface area (Å²) in [6, 6.07) is 9.58. The molecule has 8 nitrogen and oxygen atoms in total. The van der Waals surface area contributed by atoms with E-state index in [1.54, 1.807) is 24.3 Å². The molecule has 8 heteroatoms. The minimum atomic E-state index is -0.681. The first-order valence-electron chi connectivity index (χ1n) is 8.93. The smallest absolute Gasteiger partial charge is 0.329 e. The summed E-state index contributed by atoms with van der Waals surface area (Å²) in [5, 5.41) is 9.81. The maximum absolute atomic E-state index is 12.5. The number of para-hydroxylation sites is 1. The molecule has 2 aromatic rings. The standard InChI is InChI=1S/C19H23N5O3/c1-13-12-14(2)23(22-13)11-10-20-17(25)9-8-16-18(26)24(19(27)21-16)15-6-4-3-5-7-15/h3-7,12,16H,8-11H2,1-2H3,(H,20,25)(H,21,27)/t16-/m1/s1. The average Bonchev–Trinajstić information content (AvgIpc) is 3.11. The second kappa shape index (κ2) is 8.03. The average molecular weight is 369 g/mol. The predicted octanol–water partition coefficient (Wildman–Crippen LogP) is 1.52. The Balaban J connectivity index is 1.46. The van der Waals surface area contributed by atoms with Gasteiger partial charge in [-0.15, -0.1) is 0 Å². The molecule has 0 unspecified atom stereocenters. The number of aromatic nitrogens is 2. The molecule has 0 bridgehead atoms. The van der Waals surface area contributed by atoms with Crippen LogP contribution < -0.4 is 15.5 Å². The van der Waals surface area contributed by atoms with Gasteiger partial charge >= 0.3 is 6.03 Å². The lowest BCUT2D eigenvalue weighted by Crippen LogP contribution is -2.33. The normalized spacial score (nSPS) is 16.5. The molecule has 2 heterocycles. The van der Waals surface area contributed by atoms with Crippen LogP contribution in [-0.2, 0) is 16.1 Å². The van der Waals surface area contributed by atoms with Crippen molar-refractivity contribution in [2.24, 2.45) is 0 Å². The predicted molar refractivity (Wildman–Crippen MR) is 100 cm³/mol. The summed E-state index contributed by atoms with van der Waals surface area (Å²) in [6.07, 6.45) is 0.427. The van der Waals surface area contributed by atoms with Crippen LogP contribution in [0.3, 0.4) is 0 Å². The van der Waals surface area contributed by atoms with E-state index >= 15 is 0 Å². The highest BCUT2D eigenvalue weighted by atomic mass is 16.2. The Morgan fingerprint density at radius 2 is 1.96 bits per heavy atom. The van der Waals surface area contributed by atoms with Crippen molar-refractivity contribution in [1.29, 1.82) is 0 Å². The van der Waals surface area contributed by atoms with E-state index in [0.29, 0.717) is 18.8 Å². The van der Waals surface area contributed by atoms with E-state index in [1.165, 1.54) is 0 Å². The number of nitrogens with zero attached hydrogens (tertiary/aromatic N) is 3. The summed E-state index contributed by atoms with van der Waals surface area (Å²) in [5.41, 5.74) is 2.51. The molecule has 3 rings (SSSR count). The van der Waals surface area contributed by atoms with E-state index in [-0.39, 0.29) is 24.7 Å². The fourth-order valence-corrected chi connectivity index (χ4v) is 3.11. The molecular formula is C19H23N5O3. The Bertz CT molecular complexity index is 846. The monoisotopic (exact) mass is 369 g/mol. The van der Waals surface area contributed by atoms with Crippen LogP contribution in [0.2, 0.25) is 0 Å². The highest BCUT2D eigenvalue weighted by Gasteiger charge is 2.38. The molecule has 27 heavy (non-hydrogen) atoms. The summed E-state index contributed by atoms with van der Waals surface area (Å²) in [7, 11) is 0. The Hall–Kier alpha value is -3.16. The molecule has 1 aromatic carbocycles. The fourth-order valence-electron chi connectivity index (χ4n) is 3.11. The number of urea groups is 1. The van der Waals surface area contributed by atoms with Crippen molar-refractivity contribution >= 4 is 23.5 Å². The molecule has 0 aliphatic carbocycles. The molecule has 142 valence electrons. The number of imide groups is 1. The summed E-state index contributed by atoms with van der Waals surface area (Å²) >= 11 is 0. The number of nitrogens with one attached hydrogen (secondary N) is 2. The molecular weight excluding hydrogens is 346 g/mol. The van der Waals surface area contributed by atoms with Crippen LogP contribution >= 0.6 is 0 Å². The molecule has 1 fully saturated rings. The molecule has 0 radical (unpaired) electrons. The molecule has 0 saturated carbocycles. The number of rotatable bonds is 7. The minimum Gasteiger partial charge on any atom is -0.354 e. The van der Waals surface area contributed by atoms with E-state index in [9.17, 15) is 14.4 Å². The Morgan fingerprint density at radius 1 is 1.22 bits per heavy atom. The van der Waals surface area contributed by atoms with Crippen LogP contribution in [0.4, 0.5) is 10.5 Å². The van der Waals surface area contributed by atoms with Crippen molar-refractivity contribution in [3.05, 3.63) is 47.8 Å². The number of benzene rings is 1. The zero-order valence-corrected chi connectivity index (χ0v) is 15.4. The van der Waals surface area contributed by atoms with Crippen molar-refractivity contribution < 1.29 is 14.4 Å². The van der Waals surface area contributed by atoms with Crippen molar-refractivity contribution in [3.63, 3.8) is 0 Å². The van der Waals surface area contributed by atoms with E-state index in [2.05, 4.69) is 15.7 Å². The number of anilines is 1. The van der Waals surface area contributed by atoms with Crippen molar-refractivity contribution in [2.45, 2.75) is 39.3 Å². The van der Waals surface area contributed by atoms with Crippen molar-refractivity contribution in [3.8, 4) is 0 Å². The molecule has 1 aliphatic heterocycles. The lowest BCUT2D eigenvalue weighted by atomic mass is 10.1. The van der Waals surface area contributed by atoms with E-state index < -0.39 is 12.1 Å². The van der Waals surface area contributed by atoms with Gasteiger partial charge in [-0.1, -0.05) is 18.2 Å². The molecule has 1 saturated heterocycles. The Labute approximate surface area is 157 Å². The van der Waals surface area contributed by atoms with Crippen LogP contribution in [0, 0.1) is 13.8 Å². The maximum atomic E-state index is 12.5. The number of carbonyl (C=O) groups is 3. The zero-order valence-electron chi connectivity index (χ0n) is 15.4. The van der Waals surface area contributed by atoms with Gasteiger partial charge < -0.3 is 10.6 Å². The largest absolute Gasteiger partial charge is 0.354 e. The molecule has 1 aromatic heterocycles. The lowest BCUT2D eigenvalue weighted by molar-refractivity contribution is -0.121. The van der Waals surface area contributed by atoms with Crippen molar-refractivity contribution in [2.75, 3.05) is 11.4 Å². The van der Waals surface area contributed by atoms with Crippen LogP contribution in [0.15, 0.2) is 36.4 Å². The molecule has 2 N–H and O–H groups in total. The molecule has 4 amide bonds. The van der Waals surface area contributed by atoms with Gasteiger partial charge in [0.15, 0.2) is 0 Å².